The summed E-state index contributed by atoms with van der Waals surface area (Å²) in [5.74, 6) is 0.0892. The molecule has 1 amide bonds. The van der Waals surface area contributed by atoms with Crippen LogP contribution in [0.4, 0.5) is 5.69 Å². The van der Waals surface area contributed by atoms with Crippen LogP contribution in [-0.2, 0) is 4.79 Å². The molecule has 6 heteroatoms. The van der Waals surface area contributed by atoms with Crippen molar-refractivity contribution in [3.05, 3.63) is 29.3 Å². The molecule has 0 saturated carbocycles. The lowest BCUT2D eigenvalue weighted by Gasteiger charge is -2.31. The van der Waals surface area contributed by atoms with Gasteiger partial charge in [0.2, 0.25) is 5.91 Å². The Bertz CT molecular complexity index is 474. The lowest BCUT2D eigenvalue weighted by Crippen LogP contribution is -2.57. The van der Waals surface area contributed by atoms with Crippen LogP contribution in [0.1, 0.15) is 0 Å². The van der Waals surface area contributed by atoms with Crippen molar-refractivity contribution in [2.24, 2.45) is 0 Å². The third-order valence-corrected chi connectivity index (χ3v) is 3.73. The first-order valence-electron chi connectivity index (χ1n) is 7.23. The Morgan fingerprint density at radius 2 is 2.14 bits per heavy atom. The third kappa shape index (κ3) is 4.68. The molecule has 1 aliphatic rings. The summed E-state index contributed by atoms with van der Waals surface area (Å²) < 4.78 is 0. The van der Waals surface area contributed by atoms with E-state index in [2.05, 4.69) is 15.5 Å². The molecule has 116 valence electrons. The number of piperazine rings is 1. The van der Waals surface area contributed by atoms with Crippen molar-refractivity contribution in [2.75, 3.05) is 51.7 Å². The van der Waals surface area contributed by atoms with E-state index in [1.54, 1.807) is 0 Å². The molecule has 0 spiro atoms. The number of benzene rings is 1. The highest BCUT2D eigenvalue weighted by Crippen LogP contribution is 2.20. The number of carbonyl (C=O) groups excluding carboxylic acids is 1. The van der Waals surface area contributed by atoms with Gasteiger partial charge in [-0.2, -0.15) is 0 Å². The van der Waals surface area contributed by atoms with Crippen molar-refractivity contribution in [3.8, 4) is 0 Å². The van der Waals surface area contributed by atoms with E-state index in [4.69, 9.17) is 11.6 Å². The van der Waals surface area contributed by atoms with Crippen molar-refractivity contribution >= 4 is 23.2 Å². The molecule has 1 aliphatic heterocycles. The predicted octanol–water partition coefficient (Wildman–Crippen LogP) is 0.796. The maximum atomic E-state index is 12.8. The summed E-state index contributed by atoms with van der Waals surface area (Å²) in [6.45, 7) is 3.83. The van der Waals surface area contributed by atoms with Gasteiger partial charge < -0.3 is 20.4 Å². The molecular formula is C15H23ClN4O. The first-order valence-corrected chi connectivity index (χ1v) is 7.61. The van der Waals surface area contributed by atoms with Crippen LogP contribution in [0.3, 0.4) is 0 Å². The lowest BCUT2D eigenvalue weighted by atomic mass is 10.2. The van der Waals surface area contributed by atoms with Gasteiger partial charge in [0.05, 0.1) is 6.04 Å². The molecule has 5 nitrogen and oxygen atoms in total. The van der Waals surface area contributed by atoms with Crippen LogP contribution in [-0.4, -0.2) is 63.7 Å². The predicted molar refractivity (Wildman–Crippen MR) is 87.0 cm³/mol. The number of nitrogens with zero attached hydrogens (tertiary/aromatic N) is 2. The maximum Gasteiger partial charge on any atom is 0.245 e. The Hall–Kier alpha value is -1.14. The summed E-state index contributed by atoms with van der Waals surface area (Å²) in [6, 6.07) is 7.28. The van der Waals surface area contributed by atoms with Gasteiger partial charge >= 0.3 is 0 Å². The van der Waals surface area contributed by atoms with Gasteiger partial charge in [0, 0.05) is 43.4 Å². The average molecular weight is 311 g/mol. The zero-order valence-electron chi connectivity index (χ0n) is 12.6. The summed E-state index contributed by atoms with van der Waals surface area (Å²) in [5, 5.41) is 7.17. The molecule has 21 heavy (non-hydrogen) atoms. The minimum Gasteiger partial charge on any atom is -0.313 e. The van der Waals surface area contributed by atoms with Crippen molar-refractivity contribution in [1.29, 1.82) is 0 Å². The number of rotatable bonds is 5. The summed E-state index contributed by atoms with van der Waals surface area (Å²) in [4.78, 5) is 16.7. The molecule has 0 aromatic heterocycles. The van der Waals surface area contributed by atoms with Crippen molar-refractivity contribution in [3.63, 3.8) is 0 Å². The highest BCUT2D eigenvalue weighted by Gasteiger charge is 2.26. The van der Waals surface area contributed by atoms with Crippen LogP contribution in [0, 0.1) is 0 Å². The zero-order chi connectivity index (χ0) is 15.2. The van der Waals surface area contributed by atoms with Gasteiger partial charge in [0.1, 0.15) is 0 Å². The third-order valence-electron chi connectivity index (χ3n) is 3.50. The molecule has 1 aromatic rings. The molecule has 1 fully saturated rings. The molecule has 0 radical (unpaired) electrons. The highest BCUT2D eigenvalue weighted by molar-refractivity contribution is 6.30. The Balaban J connectivity index is 2.16. The van der Waals surface area contributed by atoms with E-state index < -0.39 is 0 Å². The minimum atomic E-state index is -0.181. The van der Waals surface area contributed by atoms with E-state index in [0.29, 0.717) is 18.1 Å². The molecule has 1 atom stereocenters. The number of halogens is 1. The molecule has 2 N–H and O–H groups in total. The quantitative estimate of drug-likeness (QED) is 0.844. The fourth-order valence-corrected chi connectivity index (χ4v) is 2.51. The van der Waals surface area contributed by atoms with Gasteiger partial charge in [0.15, 0.2) is 0 Å². The standard InChI is InChI=1S/C15H23ClN4O/c1-19(2)8-9-20(13-5-3-4-12(16)10-13)15(21)14-11-17-6-7-18-14/h3-5,10,14,17-18H,6-9,11H2,1-2H3. The number of carbonyl (C=O) groups is 1. The average Bonchev–Trinajstić information content (AvgIpc) is 2.48. The molecule has 0 aliphatic carbocycles. The summed E-state index contributed by atoms with van der Waals surface area (Å²) in [7, 11) is 4.00. The number of anilines is 1. The second kappa shape index (κ2) is 7.75. The summed E-state index contributed by atoms with van der Waals surface area (Å²) in [5.41, 5.74) is 0.849. The summed E-state index contributed by atoms with van der Waals surface area (Å²) >= 11 is 6.07. The topological polar surface area (TPSA) is 47.6 Å². The van der Waals surface area contributed by atoms with E-state index in [9.17, 15) is 4.79 Å². The van der Waals surface area contributed by atoms with Gasteiger partial charge in [-0.15, -0.1) is 0 Å². The molecule has 2 rings (SSSR count). The molecule has 1 heterocycles. The SMILES string of the molecule is CN(C)CCN(C(=O)C1CNCCN1)c1cccc(Cl)c1. The van der Waals surface area contributed by atoms with E-state index in [1.807, 2.05) is 43.3 Å². The van der Waals surface area contributed by atoms with Gasteiger partial charge in [0.25, 0.3) is 0 Å². The van der Waals surface area contributed by atoms with Gasteiger partial charge in [-0.25, -0.2) is 0 Å². The Labute approximate surface area is 131 Å². The van der Waals surface area contributed by atoms with Crippen molar-refractivity contribution in [2.45, 2.75) is 6.04 Å². The maximum absolute atomic E-state index is 12.8. The second-order valence-electron chi connectivity index (χ2n) is 5.48. The molecule has 1 aromatic carbocycles. The van der Waals surface area contributed by atoms with Crippen LogP contribution in [0.2, 0.25) is 5.02 Å². The molecule has 0 bridgehead atoms. The molecular weight excluding hydrogens is 288 g/mol. The fraction of sp³-hybridized carbons (Fsp3) is 0.533. The zero-order valence-corrected chi connectivity index (χ0v) is 13.4. The largest absolute Gasteiger partial charge is 0.313 e. The number of hydrogen-bond donors (Lipinski definition) is 2. The van der Waals surface area contributed by atoms with E-state index >= 15 is 0 Å². The Morgan fingerprint density at radius 3 is 2.76 bits per heavy atom. The Kier molecular flexibility index (Phi) is 5.99. The van der Waals surface area contributed by atoms with E-state index in [1.165, 1.54) is 0 Å². The highest BCUT2D eigenvalue weighted by atomic mass is 35.5. The Morgan fingerprint density at radius 1 is 1.33 bits per heavy atom. The second-order valence-corrected chi connectivity index (χ2v) is 5.92. The van der Waals surface area contributed by atoms with Crippen LogP contribution in [0.25, 0.3) is 0 Å². The molecule has 1 saturated heterocycles. The van der Waals surface area contributed by atoms with Crippen LogP contribution in [0.5, 0.6) is 0 Å². The number of nitrogens with one attached hydrogen (secondary N) is 2. The van der Waals surface area contributed by atoms with Crippen LogP contribution < -0.4 is 15.5 Å². The van der Waals surface area contributed by atoms with Crippen LogP contribution >= 0.6 is 11.6 Å². The first-order chi connectivity index (χ1) is 10.1. The molecule has 1 unspecified atom stereocenters. The van der Waals surface area contributed by atoms with Gasteiger partial charge in [-0.1, -0.05) is 17.7 Å². The van der Waals surface area contributed by atoms with Crippen molar-refractivity contribution < 1.29 is 4.79 Å². The normalized spacial score (nSPS) is 18.8. The number of amides is 1. The van der Waals surface area contributed by atoms with Gasteiger partial charge in [-0.3, -0.25) is 4.79 Å². The monoisotopic (exact) mass is 310 g/mol. The van der Waals surface area contributed by atoms with E-state index in [-0.39, 0.29) is 11.9 Å². The number of hydrogen-bond acceptors (Lipinski definition) is 4. The van der Waals surface area contributed by atoms with E-state index in [0.717, 1.165) is 25.3 Å². The van der Waals surface area contributed by atoms with Crippen molar-refractivity contribution in [1.82, 2.24) is 15.5 Å². The number of likely N-dealkylation sites (N-methyl/N-ethyl adjacent to an activating group) is 1. The first kappa shape index (κ1) is 16.2. The van der Waals surface area contributed by atoms with Gasteiger partial charge in [-0.05, 0) is 32.3 Å². The summed E-state index contributed by atoms with van der Waals surface area (Å²) in [6.07, 6.45) is 0. The minimum absolute atomic E-state index is 0.0892. The van der Waals surface area contributed by atoms with Crippen LogP contribution in [0.15, 0.2) is 24.3 Å². The fourth-order valence-electron chi connectivity index (χ4n) is 2.33. The smallest absolute Gasteiger partial charge is 0.245 e. The lowest BCUT2D eigenvalue weighted by molar-refractivity contribution is -0.120.